The van der Waals surface area contributed by atoms with Gasteiger partial charge in [-0.2, -0.15) is 0 Å². The predicted molar refractivity (Wildman–Crippen MR) is 137 cm³/mol. The van der Waals surface area contributed by atoms with E-state index >= 15 is 0 Å². The topological polar surface area (TPSA) is 124 Å². The van der Waals surface area contributed by atoms with Gasteiger partial charge in [0.15, 0.2) is 23.0 Å². The van der Waals surface area contributed by atoms with Crippen LogP contribution in [0.4, 0.5) is 0 Å². The maximum atomic E-state index is 12.0. The van der Waals surface area contributed by atoms with Crippen LogP contribution in [0.2, 0.25) is 0 Å². The number of hydrogen-bond donors (Lipinski definition) is 0. The Morgan fingerprint density at radius 3 is 1.92 bits per heavy atom. The number of hydrogen-bond acceptors (Lipinski definition) is 10. The smallest absolute Gasteiger partial charge is 0.308 e. The molecule has 1 atom stereocenters. The van der Waals surface area contributed by atoms with Crippen molar-refractivity contribution in [3.8, 4) is 23.0 Å². The molecule has 0 spiro atoms. The normalized spacial score (nSPS) is 11.2. The fourth-order valence-electron chi connectivity index (χ4n) is 3.87. The van der Waals surface area contributed by atoms with E-state index in [4.69, 9.17) is 28.4 Å². The van der Waals surface area contributed by atoms with Gasteiger partial charge in [-0.1, -0.05) is 12.1 Å². The molecule has 38 heavy (non-hydrogen) atoms. The monoisotopic (exact) mass is 530 g/mol. The van der Waals surface area contributed by atoms with Gasteiger partial charge in [-0.25, -0.2) is 0 Å². The van der Waals surface area contributed by atoms with Gasteiger partial charge in [0.2, 0.25) is 0 Å². The van der Waals surface area contributed by atoms with Crippen LogP contribution in [0, 0.1) is 0 Å². The van der Waals surface area contributed by atoms with Crippen LogP contribution in [0.5, 0.6) is 23.0 Å². The second-order valence-corrected chi connectivity index (χ2v) is 8.54. The summed E-state index contributed by atoms with van der Waals surface area (Å²) in [5.74, 6) is -1.07. The number of esters is 4. The molecule has 0 aliphatic carbocycles. The summed E-state index contributed by atoms with van der Waals surface area (Å²) >= 11 is 0. The fourth-order valence-corrected chi connectivity index (χ4v) is 3.87. The number of methoxy groups -OCH3 is 2. The quantitative estimate of drug-likeness (QED) is 0.214. The molecule has 0 heterocycles. The predicted octanol–water partition coefficient (Wildman–Crippen LogP) is 3.94. The zero-order valence-electron chi connectivity index (χ0n) is 22.6. The lowest BCUT2D eigenvalue weighted by atomic mass is 9.89. The second kappa shape index (κ2) is 14.6. The van der Waals surface area contributed by atoms with Gasteiger partial charge in [-0.3, -0.25) is 19.2 Å². The summed E-state index contributed by atoms with van der Waals surface area (Å²) in [6, 6.07) is 8.75. The molecular formula is C28H34O10. The highest BCUT2D eigenvalue weighted by Crippen LogP contribution is 2.40. The Morgan fingerprint density at radius 2 is 1.34 bits per heavy atom. The minimum absolute atomic E-state index is 0.00232. The summed E-state index contributed by atoms with van der Waals surface area (Å²) in [6.45, 7) is 5.50. The van der Waals surface area contributed by atoms with Gasteiger partial charge in [0.25, 0.3) is 0 Å². The van der Waals surface area contributed by atoms with Crippen LogP contribution in [0.15, 0.2) is 30.3 Å². The average molecular weight is 531 g/mol. The molecular weight excluding hydrogens is 496 g/mol. The first kappa shape index (κ1) is 30.1. The molecule has 2 aromatic rings. The molecule has 2 rings (SSSR count). The van der Waals surface area contributed by atoms with Crippen LogP contribution < -0.4 is 18.9 Å². The minimum atomic E-state index is -0.536. The van der Waals surface area contributed by atoms with Crippen molar-refractivity contribution in [2.45, 2.75) is 52.9 Å². The second-order valence-electron chi connectivity index (χ2n) is 8.54. The van der Waals surface area contributed by atoms with E-state index < -0.39 is 23.8 Å². The third kappa shape index (κ3) is 9.42. The highest BCUT2D eigenvalue weighted by atomic mass is 16.6. The Labute approximate surface area is 222 Å². The van der Waals surface area contributed by atoms with Crippen molar-refractivity contribution < 1.29 is 47.6 Å². The Balaban J connectivity index is 2.53. The van der Waals surface area contributed by atoms with Crippen LogP contribution in [0.3, 0.4) is 0 Å². The lowest BCUT2D eigenvalue weighted by molar-refractivity contribution is -0.142. The lowest BCUT2D eigenvalue weighted by Crippen LogP contribution is -2.17. The molecule has 0 fully saturated rings. The first-order valence-electron chi connectivity index (χ1n) is 12.0. The van der Waals surface area contributed by atoms with E-state index in [1.807, 2.05) is 6.07 Å². The molecule has 2 aromatic carbocycles. The molecule has 10 heteroatoms. The van der Waals surface area contributed by atoms with Gasteiger partial charge in [0, 0.05) is 39.2 Å². The van der Waals surface area contributed by atoms with Crippen molar-refractivity contribution >= 4 is 23.9 Å². The summed E-state index contributed by atoms with van der Waals surface area (Å²) in [6.07, 6.45) is 1.49. The average Bonchev–Trinajstić information content (AvgIpc) is 2.84. The molecule has 0 unspecified atom stereocenters. The summed E-state index contributed by atoms with van der Waals surface area (Å²) in [4.78, 5) is 46.2. The van der Waals surface area contributed by atoms with Crippen molar-refractivity contribution in [3.63, 3.8) is 0 Å². The fraction of sp³-hybridized carbons (Fsp3) is 0.429. The van der Waals surface area contributed by atoms with E-state index in [-0.39, 0.29) is 30.7 Å². The largest absolute Gasteiger partial charge is 0.493 e. The van der Waals surface area contributed by atoms with Crippen molar-refractivity contribution in [2.75, 3.05) is 27.4 Å². The lowest BCUT2D eigenvalue weighted by Gasteiger charge is -2.23. The van der Waals surface area contributed by atoms with E-state index in [9.17, 15) is 19.2 Å². The third-order valence-electron chi connectivity index (χ3n) is 5.42. The highest BCUT2D eigenvalue weighted by molar-refractivity contribution is 5.72. The maximum Gasteiger partial charge on any atom is 0.308 e. The Hall–Kier alpha value is -4.08. The number of aryl methyl sites for hydroxylation is 1. The van der Waals surface area contributed by atoms with E-state index in [0.29, 0.717) is 36.3 Å². The Bertz CT molecular complexity index is 1150. The number of benzene rings is 2. The zero-order chi connectivity index (χ0) is 28.2. The van der Waals surface area contributed by atoms with Crippen LogP contribution >= 0.6 is 0 Å². The van der Waals surface area contributed by atoms with Crippen molar-refractivity contribution in [1.82, 2.24) is 0 Å². The highest BCUT2D eigenvalue weighted by Gasteiger charge is 2.25. The van der Waals surface area contributed by atoms with Gasteiger partial charge in [0.05, 0.1) is 27.4 Å². The zero-order valence-corrected chi connectivity index (χ0v) is 22.6. The molecule has 0 aliphatic heterocycles. The molecule has 0 aromatic heterocycles. The molecule has 206 valence electrons. The van der Waals surface area contributed by atoms with E-state index in [1.165, 1.54) is 41.9 Å². The van der Waals surface area contributed by atoms with Crippen molar-refractivity contribution in [2.24, 2.45) is 0 Å². The van der Waals surface area contributed by atoms with Gasteiger partial charge in [-0.15, -0.1) is 0 Å². The summed E-state index contributed by atoms with van der Waals surface area (Å²) in [5.41, 5.74) is 2.25. The molecule has 0 aliphatic rings. The van der Waals surface area contributed by atoms with E-state index in [1.54, 1.807) is 24.3 Å². The molecule has 0 radical (unpaired) electrons. The number of rotatable bonds is 13. The Morgan fingerprint density at radius 1 is 0.711 bits per heavy atom. The molecule has 0 saturated heterocycles. The number of carbonyl (C=O) groups is 4. The van der Waals surface area contributed by atoms with Crippen LogP contribution in [-0.2, 0) is 41.5 Å². The molecule has 10 nitrogen and oxygen atoms in total. The van der Waals surface area contributed by atoms with Crippen LogP contribution in [-0.4, -0.2) is 51.3 Å². The molecule has 0 bridgehead atoms. The number of carbonyl (C=O) groups excluding carboxylic acids is 4. The van der Waals surface area contributed by atoms with Crippen molar-refractivity contribution in [3.05, 3.63) is 47.0 Å². The summed E-state index contributed by atoms with van der Waals surface area (Å²) < 4.78 is 32.1. The first-order valence-corrected chi connectivity index (χ1v) is 12.0. The first-order chi connectivity index (χ1) is 18.0. The van der Waals surface area contributed by atoms with E-state index in [2.05, 4.69) is 0 Å². The molecule has 0 N–H and O–H groups in total. The van der Waals surface area contributed by atoms with Crippen LogP contribution in [0.1, 0.15) is 56.7 Å². The van der Waals surface area contributed by atoms with E-state index in [0.717, 1.165) is 11.1 Å². The molecule has 0 amide bonds. The van der Waals surface area contributed by atoms with Gasteiger partial charge in [-0.05, 0) is 48.6 Å². The van der Waals surface area contributed by atoms with Gasteiger partial charge >= 0.3 is 23.9 Å². The Kier molecular flexibility index (Phi) is 11.6. The minimum Gasteiger partial charge on any atom is -0.493 e. The standard InChI is InChI=1S/C28H34O10/c1-17(29)35-11-7-8-21-13-24(28(38-20(4)32)27(15-21)34-6)23(16-36-18(2)30)12-22-9-10-25(37-19(3)31)26(14-22)33-5/h9-10,13-15,23H,7-8,11-12,16H2,1-6H3/t23-/m0/s1. The van der Waals surface area contributed by atoms with Crippen LogP contribution in [0.25, 0.3) is 0 Å². The van der Waals surface area contributed by atoms with Gasteiger partial charge in [0.1, 0.15) is 0 Å². The number of ether oxygens (including phenoxy) is 6. The van der Waals surface area contributed by atoms with Gasteiger partial charge < -0.3 is 28.4 Å². The molecule has 0 saturated carbocycles. The SMILES string of the molecule is COc1cc(C[C@@H](COC(C)=O)c2cc(CCCOC(C)=O)cc(OC)c2OC(C)=O)ccc1OC(C)=O. The van der Waals surface area contributed by atoms with Crippen molar-refractivity contribution in [1.29, 1.82) is 0 Å². The summed E-state index contributed by atoms with van der Waals surface area (Å²) in [5, 5.41) is 0. The third-order valence-corrected chi connectivity index (χ3v) is 5.42. The summed E-state index contributed by atoms with van der Waals surface area (Å²) in [7, 11) is 2.93. The maximum absolute atomic E-state index is 12.0.